The van der Waals surface area contributed by atoms with Gasteiger partial charge in [0.25, 0.3) is 0 Å². The van der Waals surface area contributed by atoms with Gasteiger partial charge in [0.05, 0.1) is 5.02 Å². The van der Waals surface area contributed by atoms with E-state index in [-0.39, 0.29) is 0 Å². The molecule has 0 atom stereocenters. The molecule has 0 saturated heterocycles. The Labute approximate surface area is 137 Å². The maximum absolute atomic E-state index is 6.29. The number of benzene rings is 1. The topological polar surface area (TPSA) is 63.8 Å². The van der Waals surface area contributed by atoms with E-state index in [1.807, 2.05) is 24.3 Å². The second-order valence-corrected chi connectivity index (χ2v) is 6.57. The van der Waals surface area contributed by atoms with Crippen LogP contribution in [0.2, 0.25) is 5.02 Å². The molecule has 6 heteroatoms. The van der Waals surface area contributed by atoms with E-state index < -0.39 is 0 Å². The van der Waals surface area contributed by atoms with Crippen LogP contribution in [0, 0.1) is 0 Å². The summed E-state index contributed by atoms with van der Waals surface area (Å²) in [6, 6.07) is 7.60. The predicted molar refractivity (Wildman–Crippen MR) is 89.2 cm³/mol. The number of hydrazine groups is 1. The number of nitrogen functional groups attached to an aromatic ring is 1. The van der Waals surface area contributed by atoms with Crippen LogP contribution < -0.4 is 11.3 Å². The second kappa shape index (κ2) is 6.30. The quantitative estimate of drug-likeness (QED) is 0.619. The summed E-state index contributed by atoms with van der Waals surface area (Å²) in [5, 5.41) is 0.629. The number of halogens is 2. The number of hydrogen-bond acceptors (Lipinski definition) is 4. The van der Waals surface area contributed by atoms with Crippen molar-refractivity contribution in [1.29, 1.82) is 0 Å². The van der Waals surface area contributed by atoms with Crippen molar-refractivity contribution in [3.63, 3.8) is 0 Å². The zero-order valence-corrected chi connectivity index (χ0v) is 13.8. The zero-order valence-electron chi connectivity index (χ0n) is 11.4. The van der Waals surface area contributed by atoms with Gasteiger partial charge in [-0.25, -0.2) is 15.8 Å². The number of nitrogens with zero attached hydrogens (tertiary/aromatic N) is 2. The van der Waals surface area contributed by atoms with Crippen LogP contribution in [-0.4, -0.2) is 9.97 Å². The molecule has 21 heavy (non-hydrogen) atoms. The Morgan fingerprint density at radius 2 is 1.95 bits per heavy atom. The van der Waals surface area contributed by atoms with Gasteiger partial charge in [-0.15, -0.1) is 0 Å². The number of anilines is 1. The van der Waals surface area contributed by atoms with Crippen LogP contribution in [0.15, 0.2) is 28.7 Å². The first-order valence-corrected chi connectivity index (χ1v) is 8.15. The number of aromatic nitrogens is 2. The third-order valence-electron chi connectivity index (χ3n) is 3.84. The summed E-state index contributed by atoms with van der Waals surface area (Å²) >= 11 is 9.75. The Bertz CT molecular complexity index is 656. The van der Waals surface area contributed by atoms with Crippen LogP contribution in [0.25, 0.3) is 11.4 Å². The SMILES string of the molecule is NNc1cc(C2CCCC2)nc(-c2cc(Br)ccc2Cl)n1. The van der Waals surface area contributed by atoms with Crippen molar-refractivity contribution in [2.24, 2.45) is 5.84 Å². The normalized spacial score (nSPS) is 15.4. The fourth-order valence-electron chi connectivity index (χ4n) is 2.76. The minimum atomic E-state index is 0.491. The van der Waals surface area contributed by atoms with E-state index in [4.69, 9.17) is 22.4 Å². The van der Waals surface area contributed by atoms with E-state index >= 15 is 0 Å². The summed E-state index contributed by atoms with van der Waals surface area (Å²) in [4.78, 5) is 9.17. The minimum absolute atomic E-state index is 0.491. The predicted octanol–water partition coefficient (Wildman–Crippen LogP) is 4.50. The van der Waals surface area contributed by atoms with Crippen molar-refractivity contribution in [3.8, 4) is 11.4 Å². The summed E-state index contributed by atoms with van der Waals surface area (Å²) in [6.45, 7) is 0. The maximum atomic E-state index is 6.29. The third kappa shape index (κ3) is 3.20. The first kappa shape index (κ1) is 14.8. The highest BCUT2D eigenvalue weighted by Gasteiger charge is 2.20. The molecular formula is C15H16BrClN4. The molecule has 0 amide bonds. The maximum Gasteiger partial charge on any atom is 0.163 e. The fourth-order valence-corrected chi connectivity index (χ4v) is 3.32. The molecule has 0 radical (unpaired) electrons. The van der Waals surface area contributed by atoms with Gasteiger partial charge >= 0.3 is 0 Å². The number of rotatable bonds is 3. The van der Waals surface area contributed by atoms with Gasteiger partial charge in [0.1, 0.15) is 5.82 Å². The lowest BCUT2D eigenvalue weighted by Crippen LogP contribution is -2.11. The molecule has 3 N–H and O–H groups in total. The average Bonchev–Trinajstić information content (AvgIpc) is 3.03. The van der Waals surface area contributed by atoms with Gasteiger partial charge in [-0.1, -0.05) is 40.4 Å². The highest BCUT2D eigenvalue weighted by Crippen LogP contribution is 2.36. The fraction of sp³-hybridized carbons (Fsp3) is 0.333. The largest absolute Gasteiger partial charge is 0.308 e. The number of hydrogen-bond donors (Lipinski definition) is 2. The average molecular weight is 368 g/mol. The van der Waals surface area contributed by atoms with Crippen LogP contribution in [0.3, 0.4) is 0 Å². The Morgan fingerprint density at radius 1 is 1.19 bits per heavy atom. The van der Waals surface area contributed by atoms with Crippen molar-refractivity contribution in [2.45, 2.75) is 31.6 Å². The molecule has 1 aliphatic rings. The molecule has 1 aromatic heterocycles. The Balaban J connectivity index is 2.08. The summed E-state index contributed by atoms with van der Waals surface area (Å²) < 4.78 is 0.944. The standard InChI is InChI=1S/C15H16BrClN4/c16-10-5-6-12(17)11(7-10)15-19-13(8-14(20-15)21-18)9-3-1-2-4-9/h5-9H,1-4,18H2,(H,19,20,21). The molecule has 1 heterocycles. The van der Waals surface area contributed by atoms with Crippen molar-refractivity contribution >= 4 is 33.3 Å². The van der Waals surface area contributed by atoms with Crippen molar-refractivity contribution in [3.05, 3.63) is 39.5 Å². The highest BCUT2D eigenvalue weighted by atomic mass is 79.9. The summed E-state index contributed by atoms with van der Waals surface area (Å²) in [7, 11) is 0. The molecule has 1 fully saturated rings. The molecule has 1 aliphatic carbocycles. The first-order valence-electron chi connectivity index (χ1n) is 6.98. The van der Waals surface area contributed by atoms with Crippen LogP contribution >= 0.6 is 27.5 Å². The van der Waals surface area contributed by atoms with Crippen molar-refractivity contribution in [1.82, 2.24) is 9.97 Å². The summed E-state index contributed by atoms with van der Waals surface area (Å²) in [5.74, 6) is 7.27. The van der Waals surface area contributed by atoms with Crippen LogP contribution in [0.1, 0.15) is 37.3 Å². The molecule has 2 aromatic rings. The van der Waals surface area contributed by atoms with Gasteiger partial charge in [-0.2, -0.15) is 0 Å². The highest BCUT2D eigenvalue weighted by molar-refractivity contribution is 9.10. The van der Waals surface area contributed by atoms with Crippen LogP contribution in [-0.2, 0) is 0 Å². The minimum Gasteiger partial charge on any atom is -0.308 e. The van der Waals surface area contributed by atoms with E-state index in [2.05, 4.69) is 26.3 Å². The molecule has 1 saturated carbocycles. The number of nitrogens with one attached hydrogen (secondary N) is 1. The summed E-state index contributed by atoms with van der Waals surface area (Å²) in [6.07, 6.45) is 4.86. The van der Waals surface area contributed by atoms with Crippen molar-refractivity contribution < 1.29 is 0 Å². The monoisotopic (exact) mass is 366 g/mol. The van der Waals surface area contributed by atoms with Gasteiger partial charge in [0, 0.05) is 27.7 Å². The van der Waals surface area contributed by atoms with Gasteiger partial charge in [-0.3, -0.25) is 0 Å². The molecule has 110 valence electrons. The smallest absolute Gasteiger partial charge is 0.163 e. The van der Waals surface area contributed by atoms with Crippen LogP contribution in [0.4, 0.5) is 5.82 Å². The van der Waals surface area contributed by atoms with E-state index in [9.17, 15) is 0 Å². The second-order valence-electron chi connectivity index (χ2n) is 5.25. The lowest BCUT2D eigenvalue weighted by atomic mass is 10.0. The molecule has 0 aliphatic heterocycles. The van der Waals surface area contributed by atoms with E-state index in [0.29, 0.717) is 22.6 Å². The lowest BCUT2D eigenvalue weighted by molar-refractivity contribution is 0.695. The van der Waals surface area contributed by atoms with Crippen molar-refractivity contribution in [2.75, 3.05) is 5.43 Å². The first-order chi connectivity index (χ1) is 10.2. The molecule has 4 nitrogen and oxygen atoms in total. The van der Waals surface area contributed by atoms with Gasteiger partial charge < -0.3 is 5.43 Å². The molecule has 0 bridgehead atoms. The van der Waals surface area contributed by atoms with Gasteiger partial charge in [0.2, 0.25) is 0 Å². The molecule has 3 rings (SSSR count). The van der Waals surface area contributed by atoms with E-state index in [1.165, 1.54) is 25.7 Å². The molecular weight excluding hydrogens is 352 g/mol. The third-order valence-corrected chi connectivity index (χ3v) is 4.66. The molecule has 1 aromatic carbocycles. The van der Waals surface area contributed by atoms with E-state index in [1.54, 1.807) is 0 Å². The van der Waals surface area contributed by atoms with Crippen LogP contribution in [0.5, 0.6) is 0 Å². The Morgan fingerprint density at radius 3 is 2.67 bits per heavy atom. The number of nitrogens with two attached hydrogens (primary N) is 1. The Hall–Kier alpha value is -1.17. The zero-order chi connectivity index (χ0) is 14.8. The van der Waals surface area contributed by atoms with Gasteiger partial charge in [0.15, 0.2) is 5.82 Å². The van der Waals surface area contributed by atoms with E-state index in [0.717, 1.165) is 15.7 Å². The molecule has 0 spiro atoms. The molecule has 0 unspecified atom stereocenters. The summed E-state index contributed by atoms with van der Waals surface area (Å²) in [5.41, 5.74) is 4.48. The Kier molecular flexibility index (Phi) is 4.42. The van der Waals surface area contributed by atoms with Gasteiger partial charge in [-0.05, 0) is 31.0 Å². The lowest BCUT2D eigenvalue weighted by Gasteiger charge is -2.13.